The van der Waals surface area contributed by atoms with E-state index in [1.165, 1.54) is 6.20 Å². The molecule has 1 atom stereocenters. The van der Waals surface area contributed by atoms with E-state index in [4.69, 9.17) is 0 Å². The highest BCUT2D eigenvalue weighted by Crippen LogP contribution is 2.30. The second-order valence-electron chi connectivity index (χ2n) is 5.05. The number of halogens is 1. The summed E-state index contributed by atoms with van der Waals surface area (Å²) in [7, 11) is 0. The van der Waals surface area contributed by atoms with E-state index in [0.717, 1.165) is 6.42 Å². The number of rotatable bonds is 3. The van der Waals surface area contributed by atoms with E-state index in [0.29, 0.717) is 12.0 Å². The van der Waals surface area contributed by atoms with E-state index in [-0.39, 0.29) is 23.6 Å². The highest BCUT2D eigenvalue weighted by Gasteiger charge is 2.16. The van der Waals surface area contributed by atoms with Crippen LogP contribution in [-0.2, 0) is 0 Å². The minimum atomic E-state index is -0.604. The fourth-order valence-corrected chi connectivity index (χ4v) is 1.40. The lowest BCUT2D eigenvalue weighted by Crippen LogP contribution is -2.08. The van der Waals surface area contributed by atoms with Crippen LogP contribution in [0, 0.1) is 5.41 Å². The molecule has 1 aromatic rings. The van der Waals surface area contributed by atoms with Crippen LogP contribution < -0.4 is 0 Å². The maximum absolute atomic E-state index is 9.88. The number of hydrogen-bond donors (Lipinski definition) is 2. The normalized spacial score (nSPS) is 13.0. The van der Waals surface area contributed by atoms with Crippen LogP contribution in [0.25, 0.3) is 0 Å². The molecule has 1 unspecified atom stereocenters. The summed E-state index contributed by atoms with van der Waals surface area (Å²) in [5, 5.41) is 19.4. The van der Waals surface area contributed by atoms with Crippen molar-refractivity contribution in [1.29, 1.82) is 0 Å². The molecule has 1 rings (SSSR count). The quantitative estimate of drug-likeness (QED) is 0.861. The molecule has 1 aromatic heterocycles. The van der Waals surface area contributed by atoms with Crippen molar-refractivity contribution in [3.63, 3.8) is 0 Å². The average Bonchev–Trinajstić information content (AvgIpc) is 2.14. The zero-order valence-electron chi connectivity index (χ0n) is 9.97. The highest BCUT2D eigenvalue weighted by atomic mass is 35.5. The van der Waals surface area contributed by atoms with E-state index in [1.54, 1.807) is 12.3 Å². The summed E-state index contributed by atoms with van der Waals surface area (Å²) < 4.78 is 0. The predicted octanol–water partition coefficient (Wildman–Crippen LogP) is 3.07. The molecule has 0 bridgehead atoms. The van der Waals surface area contributed by atoms with E-state index >= 15 is 0 Å². The largest absolute Gasteiger partial charge is 0.506 e. The standard InChI is InChI=1S/C12H19NO2.ClH/c1-12(2,3)6-4-10(14)9-5-7-13-8-11(9)15;/h5,7-8,10,14-15H,4,6H2,1-3H3;1H. The molecule has 16 heavy (non-hydrogen) atoms. The Morgan fingerprint density at radius 3 is 2.50 bits per heavy atom. The minimum Gasteiger partial charge on any atom is -0.506 e. The number of aliphatic hydroxyl groups excluding tert-OH is 1. The molecule has 0 amide bonds. The third-order valence-corrected chi connectivity index (χ3v) is 2.36. The molecule has 0 aliphatic carbocycles. The molecule has 0 fully saturated rings. The van der Waals surface area contributed by atoms with Gasteiger partial charge >= 0.3 is 0 Å². The van der Waals surface area contributed by atoms with Crippen molar-refractivity contribution in [3.8, 4) is 5.75 Å². The fraction of sp³-hybridized carbons (Fsp3) is 0.583. The Hall–Kier alpha value is -0.800. The van der Waals surface area contributed by atoms with Crippen LogP contribution in [0.4, 0.5) is 0 Å². The van der Waals surface area contributed by atoms with E-state index in [1.807, 2.05) is 0 Å². The zero-order chi connectivity index (χ0) is 11.5. The maximum Gasteiger partial charge on any atom is 0.139 e. The Morgan fingerprint density at radius 2 is 2.00 bits per heavy atom. The number of pyridine rings is 1. The van der Waals surface area contributed by atoms with Crippen molar-refractivity contribution < 1.29 is 10.2 Å². The summed E-state index contributed by atoms with van der Waals surface area (Å²) >= 11 is 0. The highest BCUT2D eigenvalue weighted by molar-refractivity contribution is 5.85. The summed E-state index contributed by atoms with van der Waals surface area (Å²) in [4.78, 5) is 3.78. The molecule has 0 radical (unpaired) electrons. The monoisotopic (exact) mass is 245 g/mol. The van der Waals surface area contributed by atoms with Gasteiger partial charge in [0.05, 0.1) is 12.3 Å². The third kappa shape index (κ3) is 4.81. The Labute approximate surface area is 103 Å². The topological polar surface area (TPSA) is 53.4 Å². The summed E-state index contributed by atoms with van der Waals surface area (Å²) in [5.41, 5.74) is 0.762. The lowest BCUT2D eigenvalue weighted by atomic mass is 9.88. The second-order valence-corrected chi connectivity index (χ2v) is 5.05. The van der Waals surface area contributed by atoms with Crippen molar-refractivity contribution in [2.75, 3.05) is 0 Å². The SMILES string of the molecule is CC(C)(C)CCC(O)c1ccncc1O.Cl. The van der Waals surface area contributed by atoms with Crippen LogP contribution in [-0.4, -0.2) is 15.2 Å². The van der Waals surface area contributed by atoms with Gasteiger partial charge in [0, 0.05) is 11.8 Å². The summed E-state index contributed by atoms with van der Waals surface area (Å²) in [6, 6.07) is 1.66. The summed E-state index contributed by atoms with van der Waals surface area (Å²) in [5.74, 6) is 0.0684. The molecule has 0 aliphatic rings. The van der Waals surface area contributed by atoms with Crippen molar-refractivity contribution in [1.82, 2.24) is 4.98 Å². The molecule has 0 aromatic carbocycles. The lowest BCUT2D eigenvalue weighted by molar-refractivity contribution is 0.144. The number of hydrogen-bond acceptors (Lipinski definition) is 3. The maximum atomic E-state index is 9.88. The van der Waals surface area contributed by atoms with Gasteiger partial charge in [0.2, 0.25) is 0 Å². The smallest absolute Gasteiger partial charge is 0.139 e. The van der Waals surface area contributed by atoms with Gasteiger partial charge in [-0.2, -0.15) is 0 Å². The zero-order valence-corrected chi connectivity index (χ0v) is 10.8. The van der Waals surface area contributed by atoms with E-state index < -0.39 is 6.10 Å². The molecular formula is C12H20ClNO2. The Bertz CT molecular complexity index is 323. The van der Waals surface area contributed by atoms with Crippen LogP contribution in [0.3, 0.4) is 0 Å². The molecule has 1 heterocycles. The molecule has 92 valence electrons. The molecule has 0 saturated heterocycles. The first-order valence-corrected chi connectivity index (χ1v) is 5.21. The third-order valence-electron chi connectivity index (χ3n) is 2.36. The van der Waals surface area contributed by atoms with Crippen LogP contribution in [0.2, 0.25) is 0 Å². The minimum absolute atomic E-state index is 0. The Balaban J connectivity index is 0.00000225. The Morgan fingerprint density at radius 1 is 1.38 bits per heavy atom. The van der Waals surface area contributed by atoms with Gasteiger partial charge < -0.3 is 10.2 Å². The van der Waals surface area contributed by atoms with E-state index in [2.05, 4.69) is 25.8 Å². The molecule has 0 aliphatic heterocycles. The van der Waals surface area contributed by atoms with Gasteiger partial charge in [0.25, 0.3) is 0 Å². The first kappa shape index (κ1) is 15.2. The molecular weight excluding hydrogens is 226 g/mol. The number of aromatic nitrogens is 1. The first-order valence-electron chi connectivity index (χ1n) is 5.21. The van der Waals surface area contributed by atoms with Crippen molar-refractivity contribution in [3.05, 3.63) is 24.0 Å². The van der Waals surface area contributed by atoms with Crippen LogP contribution in [0.5, 0.6) is 5.75 Å². The van der Waals surface area contributed by atoms with Gasteiger partial charge in [0.15, 0.2) is 0 Å². The van der Waals surface area contributed by atoms with Crippen molar-refractivity contribution >= 4 is 12.4 Å². The van der Waals surface area contributed by atoms with Crippen LogP contribution in [0.15, 0.2) is 18.5 Å². The molecule has 0 saturated carbocycles. The summed E-state index contributed by atoms with van der Waals surface area (Å²) in [6.45, 7) is 6.39. The van der Waals surface area contributed by atoms with Crippen molar-refractivity contribution in [2.45, 2.75) is 39.7 Å². The van der Waals surface area contributed by atoms with Gasteiger partial charge in [-0.1, -0.05) is 20.8 Å². The molecule has 3 nitrogen and oxygen atoms in total. The average molecular weight is 246 g/mol. The second kappa shape index (κ2) is 6.06. The molecule has 4 heteroatoms. The number of aromatic hydroxyl groups is 1. The number of aliphatic hydroxyl groups is 1. The van der Waals surface area contributed by atoms with Gasteiger partial charge in [-0.3, -0.25) is 4.98 Å². The van der Waals surface area contributed by atoms with Crippen molar-refractivity contribution in [2.24, 2.45) is 5.41 Å². The predicted molar refractivity (Wildman–Crippen MR) is 66.8 cm³/mol. The lowest BCUT2D eigenvalue weighted by Gasteiger charge is -2.20. The van der Waals surface area contributed by atoms with Gasteiger partial charge in [0.1, 0.15) is 5.75 Å². The van der Waals surface area contributed by atoms with Gasteiger partial charge in [-0.05, 0) is 24.3 Å². The van der Waals surface area contributed by atoms with Gasteiger partial charge in [-0.15, -0.1) is 12.4 Å². The first-order chi connectivity index (χ1) is 6.90. The summed E-state index contributed by atoms with van der Waals surface area (Å²) in [6.07, 6.45) is 3.90. The molecule has 0 spiro atoms. The Kier molecular flexibility index (Phi) is 5.76. The number of nitrogens with zero attached hydrogens (tertiary/aromatic N) is 1. The van der Waals surface area contributed by atoms with Crippen LogP contribution in [0.1, 0.15) is 45.3 Å². The molecule has 2 N–H and O–H groups in total. The van der Waals surface area contributed by atoms with Crippen LogP contribution >= 0.6 is 12.4 Å². The fourth-order valence-electron chi connectivity index (χ4n) is 1.40. The van der Waals surface area contributed by atoms with E-state index in [9.17, 15) is 10.2 Å². The van der Waals surface area contributed by atoms with Gasteiger partial charge in [-0.25, -0.2) is 0 Å².